The number of hydrogen-bond donors (Lipinski definition) is 1. The van der Waals surface area contributed by atoms with E-state index < -0.39 is 0 Å². The highest BCUT2D eigenvalue weighted by Crippen LogP contribution is 2.57. The first-order chi connectivity index (χ1) is 19.6. The van der Waals surface area contributed by atoms with Gasteiger partial charge in [-0.2, -0.15) is 0 Å². The Morgan fingerprint density at radius 2 is 1.76 bits per heavy atom. The first-order valence-corrected chi connectivity index (χ1v) is 16.0. The van der Waals surface area contributed by atoms with E-state index in [0.29, 0.717) is 0 Å². The monoisotopic (exact) mass is 552 g/mol. The van der Waals surface area contributed by atoms with Crippen molar-refractivity contribution in [3.63, 3.8) is 0 Å². The second-order valence-electron chi connectivity index (χ2n) is 14.7. The first kappa shape index (κ1) is 28.2. The standard InChI is InChI=1S/C37H48N2O2/c1-7-9-10-29-18-28-19-30(41-6)12-13-31(28)35(39(29)34(40)8-2)27-11-14-33(32(20-27)36(3,4)5)38-37-21-24-15-25(22-37)17-26(16-24)23-37/h2,11-14,19-20,24-26,29,35,38H,7,9-10,15-18,21-23H2,1,3-6H3/t24?,25?,26?,29-,35-,37?/m0/s1. The Hall–Kier alpha value is -2.93. The lowest BCUT2D eigenvalue weighted by atomic mass is 9.53. The minimum Gasteiger partial charge on any atom is -0.497 e. The van der Waals surface area contributed by atoms with E-state index in [4.69, 9.17) is 11.2 Å². The fraction of sp³-hybridized carbons (Fsp3) is 0.595. The van der Waals surface area contributed by atoms with Gasteiger partial charge in [0.05, 0.1) is 13.2 Å². The molecule has 7 rings (SSSR count). The lowest BCUT2D eigenvalue weighted by Crippen LogP contribution is -2.55. The molecule has 2 atom stereocenters. The van der Waals surface area contributed by atoms with Gasteiger partial charge >= 0.3 is 0 Å². The van der Waals surface area contributed by atoms with Gasteiger partial charge < -0.3 is 15.0 Å². The highest BCUT2D eigenvalue weighted by Gasteiger charge is 2.51. The number of carbonyl (C=O) groups is 1. The quantitative estimate of drug-likeness (QED) is 0.354. The minimum atomic E-state index is -0.218. The summed E-state index contributed by atoms with van der Waals surface area (Å²) in [7, 11) is 1.72. The summed E-state index contributed by atoms with van der Waals surface area (Å²) in [5.74, 6) is 5.81. The molecule has 4 aliphatic carbocycles. The molecule has 4 fully saturated rings. The normalized spacial score (nSPS) is 30.0. The molecular weight excluding hydrogens is 504 g/mol. The summed E-state index contributed by atoms with van der Waals surface area (Å²) in [5, 5.41) is 4.18. The van der Waals surface area contributed by atoms with Crippen molar-refractivity contribution in [2.24, 2.45) is 17.8 Å². The van der Waals surface area contributed by atoms with Crippen LogP contribution < -0.4 is 10.1 Å². The maximum atomic E-state index is 13.5. The van der Waals surface area contributed by atoms with E-state index >= 15 is 0 Å². The van der Waals surface area contributed by atoms with Gasteiger partial charge in [0.15, 0.2) is 0 Å². The van der Waals surface area contributed by atoms with Crippen LogP contribution in [0.2, 0.25) is 0 Å². The van der Waals surface area contributed by atoms with E-state index in [-0.39, 0.29) is 28.9 Å². The Balaban J connectivity index is 1.43. The number of terminal acetylenes is 1. The largest absolute Gasteiger partial charge is 0.497 e. The summed E-state index contributed by atoms with van der Waals surface area (Å²) >= 11 is 0. The van der Waals surface area contributed by atoms with Gasteiger partial charge in [-0.15, -0.1) is 6.42 Å². The van der Waals surface area contributed by atoms with Crippen molar-refractivity contribution in [1.82, 2.24) is 4.90 Å². The zero-order valence-electron chi connectivity index (χ0n) is 25.8. The molecule has 1 aliphatic heterocycles. The molecule has 4 heteroatoms. The van der Waals surface area contributed by atoms with E-state index in [9.17, 15) is 4.79 Å². The summed E-state index contributed by atoms with van der Waals surface area (Å²) in [6.07, 6.45) is 18.0. The summed E-state index contributed by atoms with van der Waals surface area (Å²) in [5.41, 5.74) is 6.33. The third-order valence-corrected chi connectivity index (χ3v) is 10.6. The Kier molecular flexibility index (Phi) is 7.37. The molecule has 2 aromatic carbocycles. The van der Waals surface area contributed by atoms with E-state index in [1.54, 1.807) is 7.11 Å². The van der Waals surface area contributed by atoms with Crippen LogP contribution in [-0.2, 0) is 16.6 Å². The third-order valence-electron chi connectivity index (χ3n) is 10.6. The average Bonchev–Trinajstić information content (AvgIpc) is 2.93. The number of benzene rings is 2. The van der Waals surface area contributed by atoms with Gasteiger partial charge in [0.25, 0.3) is 5.91 Å². The predicted molar refractivity (Wildman–Crippen MR) is 167 cm³/mol. The van der Waals surface area contributed by atoms with Gasteiger partial charge in [-0.25, -0.2) is 0 Å². The topological polar surface area (TPSA) is 41.6 Å². The number of unbranched alkanes of at least 4 members (excludes halogenated alkanes) is 1. The molecule has 4 bridgehead atoms. The number of anilines is 1. The molecule has 41 heavy (non-hydrogen) atoms. The fourth-order valence-corrected chi connectivity index (χ4v) is 9.26. The lowest BCUT2D eigenvalue weighted by molar-refractivity contribution is -0.130. The number of rotatable bonds is 7. The minimum absolute atomic E-state index is 0.0549. The summed E-state index contributed by atoms with van der Waals surface area (Å²) in [6.45, 7) is 9.14. The molecule has 0 spiro atoms. The van der Waals surface area contributed by atoms with Crippen LogP contribution in [0, 0.1) is 30.1 Å². The van der Waals surface area contributed by atoms with Crippen molar-refractivity contribution in [2.75, 3.05) is 12.4 Å². The molecule has 4 nitrogen and oxygen atoms in total. The number of hydrogen-bond acceptors (Lipinski definition) is 3. The molecule has 0 saturated heterocycles. The summed E-state index contributed by atoms with van der Waals surface area (Å²) in [4.78, 5) is 15.5. The molecule has 2 aromatic rings. The fourth-order valence-electron chi connectivity index (χ4n) is 9.26. The molecule has 1 N–H and O–H groups in total. The smallest absolute Gasteiger partial charge is 0.299 e. The molecule has 0 radical (unpaired) electrons. The van der Waals surface area contributed by atoms with Crippen molar-refractivity contribution < 1.29 is 9.53 Å². The molecule has 1 heterocycles. The lowest BCUT2D eigenvalue weighted by Gasteiger charge is -2.57. The van der Waals surface area contributed by atoms with Crippen molar-refractivity contribution in [1.29, 1.82) is 0 Å². The van der Waals surface area contributed by atoms with E-state index in [1.807, 2.05) is 11.0 Å². The van der Waals surface area contributed by atoms with Crippen LogP contribution in [0.5, 0.6) is 5.75 Å². The zero-order valence-corrected chi connectivity index (χ0v) is 25.8. The van der Waals surface area contributed by atoms with Gasteiger partial charge in [-0.3, -0.25) is 4.79 Å². The Morgan fingerprint density at radius 3 is 2.34 bits per heavy atom. The number of methoxy groups -OCH3 is 1. The van der Waals surface area contributed by atoms with Crippen LogP contribution in [-0.4, -0.2) is 29.5 Å². The van der Waals surface area contributed by atoms with E-state index in [2.05, 4.69) is 69.3 Å². The summed E-state index contributed by atoms with van der Waals surface area (Å²) < 4.78 is 5.61. The molecule has 5 aliphatic rings. The third kappa shape index (κ3) is 5.26. The van der Waals surface area contributed by atoms with Gasteiger partial charge in [0.1, 0.15) is 5.75 Å². The highest BCUT2D eigenvalue weighted by atomic mass is 16.5. The second-order valence-corrected chi connectivity index (χ2v) is 14.7. The van der Waals surface area contributed by atoms with Crippen LogP contribution in [0.15, 0.2) is 36.4 Å². The molecule has 0 unspecified atom stereocenters. The van der Waals surface area contributed by atoms with Crippen LogP contribution in [0.4, 0.5) is 5.69 Å². The van der Waals surface area contributed by atoms with Crippen LogP contribution in [0.25, 0.3) is 0 Å². The maximum absolute atomic E-state index is 13.5. The van der Waals surface area contributed by atoms with Gasteiger partial charge in [0.2, 0.25) is 0 Å². The average molecular weight is 553 g/mol. The molecule has 0 aromatic heterocycles. The number of ether oxygens (including phenoxy) is 1. The van der Waals surface area contributed by atoms with Crippen molar-refractivity contribution in [3.8, 4) is 18.1 Å². The molecule has 218 valence electrons. The van der Waals surface area contributed by atoms with Gasteiger partial charge in [-0.05, 0) is 121 Å². The number of nitrogens with zero attached hydrogens (tertiary/aromatic N) is 1. The first-order valence-electron chi connectivity index (χ1n) is 16.0. The molecule has 1 amide bonds. The number of nitrogens with one attached hydrogen (secondary N) is 1. The van der Waals surface area contributed by atoms with Crippen molar-refractivity contribution in [3.05, 3.63) is 58.7 Å². The van der Waals surface area contributed by atoms with Crippen LogP contribution in [0.1, 0.15) is 114 Å². The van der Waals surface area contributed by atoms with E-state index in [1.165, 1.54) is 55.3 Å². The predicted octanol–water partition coefficient (Wildman–Crippen LogP) is 8.04. The Labute approximate surface area is 247 Å². The number of carbonyl (C=O) groups excluding carboxylic acids is 1. The number of amides is 1. The summed E-state index contributed by atoms with van der Waals surface area (Å²) in [6, 6.07) is 13.1. The van der Waals surface area contributed by atoms with Crippen LogP contribution >= 0.6 is 0 Å². The molecular formula is C37H48N2O2. The van der Waals surface area contributed by atoms with E-state index in [0.717, 1.165) is 60.3 Å². The maximum Gasteiger partial charge on any atom is 0.299 e. The van der Waals surface area contributed by atoms with Crippen molar-refractivity contribution >= 4 is 11.6 Å². The SMILES string of the molecule is C#CC(=O)N1[C@@H](CCCC)Cc2cc(OC)ccc2[C@@H]1c1ccc(NC23CC4CC(CC(C4)C2)C3)c(C(C)(C)C)c1. The second kappa shape index (κ2) is 10.7. The van der Waals surface area contributed by atoms with Gasteiger partial charge in [-0.1, -0.05) is 58.7 Å². The molecule has 4 saturated carbocycles. The Morgan fingerprint density at radius 1 is 1.07 bits per heavy atom. The van der Waals surface area contributed by atoms with Crippen molar-refractivity contribution in [2.45, 2.75) is 115 Å². The zero-order chi connectivity index (χ0) is 28.9. The van der Waals surface area contributed by atoms with Gasteiger partial charge in [0, 0.05) is 17.3 Å². The Bertz CT molecular complexity index is 1310. The highest BCUT2D eigenvalue weighted by molar-refractivity contribution is 5.94. The van der Waals surface area contributed by atoms with Crippen LogP contribution in [0.3, 0.4) is 0 Å². The number of fused-ring (bicyclic) bond motifs is 1.